The van der Waals surface area contributed by atoms with Gasteiger partial charge in [0.1, 0.15) is 5.52 Å². The Labute approximate surface area is 78.8 Å². The molecule has 0 amide bonds. The highest BCUT2D eigenvalue weighted by Crippen LogP contribution is 2.09. The highest BCUT2D eigenvalue weighted by molar-refractivity contribution is 5.77. The van der Waals surface area contributed by atoms with Crippen LogP contribution in [0.4, 0.5) is 0 Å². The number of rotatable bonds is 0. The molecule has 14 heavy (non-hydrogen) atoms. The van der Waals surface area contributed by atoms with E-state index < -0.39 is 0 Å². The normalized spacial score (nSPS) is 11.1. The maximum absolute atomic E-state index is 11.5. The van der Waals surface area contributed by atoms with Crippen molar-refractivity contribution in [3.05, 3.63) is 46.9 Å². The molecule has 2 aromatic heterocycles. The first-order valence-corrected chi connectivity index (χ1v) is 4.31. The molecule has 0 spiro atoms. The standard InChI is InChI=1S/C10H7N3O/c14-10-9-5-6-11-13(9)8-4-2-1-3-7(8)12-10/h1-6H,(H,12,14). The minimum absolute atomic E-state index is 0.110. The van der Waals surface area contributed by atoms with Gasteiger partial charge < -0.3 is 4.98 Å². The van der Waals surface area contributed by atoms with E-state index in [0.29, 0.717) is 5.52 Å². The van der Waals surface area contributed by atoms with Crippen LogP contribution in [0.2, 0.25) is 0 Å². The lowest BCUT2D eigenvalue weighted by Crippen LogP contribution is -2.10. The fraction of sp³-hybridized carbons (Fsp3) is 0. The van der Waals surface area contributed by atoms with E-state index >= 15 is 0 Å². The lowest BCUT2D eigenvalue weighted by Gasteiger charge is -1.99. The molecule has 0 unspecified atom stereocenters. The molecule has 68 valence electrons. The van der Waals surface area contributed by atoms with E-state index in [1.165, 1.54) is 0 Å². The Kier molecular flexibility index (Phi) is 1.28. The molecule has 0 saturated heterocycles. The number of nitrogens with one attached hydrogen (secondary N) is 1. The molecule has 0 saturated carbocycles. The second-order valence-electron chi connectivity index (χ2n) is 3.10. The molecule has 0 aliphatic heterocycles. The lowest BCUT2D eigenvalue weighted by atomic mass is 10.3. The van der Waals surface area contributed by atoms with Crippen molar-refractivity contribution in [3.63, 3.8) is 0 Å². The number of hydrogen-bond donors (Lipinski definition) is 1. The van der Waals surface area contributed by atoms with E-state index in [4.69, 9.17) is 0 Å². The molecule has 0 aliphatic rings. The zero-order valence-electron chi connectivity index (χ0n) is 7.27. The van der Waals surface area contributed by atoms with Gasteiger partial charge in [0.25, 0.3) is 5.56 Å². The molecule has 0 bridgehead atoms. The van der Waals surface area contributed by atoms with Crippen LogP contribution in [0.25, 0.3) is 16.6 Å². The van der Waals surface area contributed by atoms with Crippen molar-refractivity contribution in [2.45, 2.75) is 0 Å². The van der Waals surface area contributed by atoms with Gasteiger partial charge in [0, 0.05) is 0 Å². The molecule has 0 fully saturated rings. The summed E-state index contributed by atoms with van der Waals surface area (Å²) >= 11 is 0. The summed E-state index contributed by atoms with van der Waals surface area (Å²) in [6.45, 7) is 0. The van der Waals surface area contributed by atoms with Crippen molar-refractivity contribution in [1.29, 1.82) is 0 Å². The van der Waals surface area contributed by atoms with Crippen molar-refractivity contribution in [2.75, 3.05) is 0 Å². The average molecular weight is 185 g/mol. The van der Waals surface area contributed by atoms with E-state index in [-0.39, 0.29) is 5.56 Å². The number of aromatic nitrogens is 3. The Hall–Kier alpha value is -2.10. The predicted octanol–water partition coefficient (Wildman–Crippen LogP) is 1.18. The smallest absolute Gasteiger partial charge is 0.274 e. The molecule has 4 nitrogen and oxygen atoms in total. The first-order chi connectivity index (χ1) is 6.86. The summed E-state index contributed by atoms with van der Waals surface area (Å²) in [4.78, 5) is 14.3. The van der Waals surface area contributed by atoms with E-state index in [1.54, 1.807) is 16.8 Å². The predicted molar refractivity (Wildman–Crippen MR) is 53.3 cm³/mol. The van der Waals surface area contributed by atoms with Crippen LogP contribution < -0.4 is 5.56 Å². The molecular weight excluding hydrogens is 178 g/mol. The van der Waals surface area contributed by atoms with Gasteiger partial charge in [-0.3, -0.25) is 4.79 Å². The molecule has 1 aromatic carbocycles. The molecule has 0 atom stereocenters. The maximum atomic E-state index is 11.5. The van der Waals surface area contributed by atoms with E-state index in [1.807, 2.05) is 24.3 Å². The number of nitrogens with zero attached hydrogens (tertiary/aromatic N) is 2. The second-order valence-corrected chi connectivity index (χ2v) is 3.10. The Morgan fingerprint density at radius 2 is 2.00 bits per heavy atom. The van der Waals surface area contributed by atoms with E-state index in [0.717, 1.165) is 11.0 Å². The van der Waals surface area contributed by atoms with Crippen LogP contribution in [0, 0.1) is 0 Å². The zero-order chi connectivity index (χ0) is 9.54. The highest BCUT2D eigenvalue weighted by atomic mass is 16.1. The Morgan fingerprint density at radius 3 is 2.93 bits per heavy atom. The molecular formula is C10H7N3O. The first-order valence-electron chi connectivity index (χ1n) is 4.31. The summed E-state index contributed by atoms with van der Waals surface area (Å²) in [6.07, 6.45) is 1.62. The van der Waals surface area contributed by atoms with E-state index in [2.05, 4.69) is 10.1 Å². The first kappa shape index (κ1) is 7.32. The third-order valence-corrected chi connectivity index (χ3v) is 2.26. The molecule has 3 rings (SSSR count). The van der Waals surface area contributed by atoms with Crippen LogP contribution in [0.15, 0.2) is 41.3 Å². The largest absolute Gasteiger partial charge is 0.319 e. The summed E-state index contributed by atoms with van der Waals surface area (Å²) in [5.41, 5.74) is 2.17. The molecule has 2 heterocycles. The number of H-pyrrole nitrogens is 1. The highest BCUT2D eigenvalue weighted by Gasteiger charge is 2.03. The van der Waals surface area contributed by atoms with Gasteiger partial charge >= 0.3 is 0 Å². The summed E-state index contributed by atoms with van der Waals surface area (Å²) < 4.78 is 1.65. The van der Waals surface area contributed by atoms with Crippen LogP contribution in [0.1, 0.15) is 0 Å². The van der Waals surface area contributed by atoms with Crippen LogP contribution in [-0.4, -0.2) is 14.6 Å². The van der Waals surface area contributed by atoms with Gasteiger partial charge in [-0.25, -0.2) is 4.52 Å². The molecule has 1 N–H and O–H groups in total. The fourth-order valence-electron chi connectivity index (χ4n) is 1.62. The fourth-order valence-corrected chi connectivity index (χ4v) is 1.62. The number of para-hydroxylation sites is 2. The van der Waals surface area contributed by atoms with Crippen LogP contribution >= 0.6 is 0 Å². The molecule has 3 aromatic rings. The van der Waals surface area contributed by atoms with E-state index in [9.17, 15) is 4.79 Å². The topological polar surface area (TPSA) is 50.2 Å². The third kappa shape index (κ3) is 0.821. The van der Waals surface area contributed by atoms with Gasteiger partial charge in [-0.2, -0.15) is 5.10 Å². The van der Waals surface area contributed by atoms with Crippen molar-refractivity contribution < 1.29 is 0 Å². The quantitative estimate of drug-likeness (QED) is 0.571. The average Bonchev–Trinajstić information content (AvgIpc) is 2.67. The Balaban J connectivity index is 2.73. The maximum Gasteiger partial charge on any atom is 0.274 e. The minimum Gasteiger partial charge on any atom is -0.319 e. The number of fused-ring (bicyclic) bond motifs is 3. The van der Waals surface area contributed by atoms with Crippen LogP contribution in [0.5, 0.6) is 0 Å². The van der Waals surface area contributed by atoms with Crippen molar-refractivity contribution in [2.24, 2.45) is 0 Å². The van der Waals surface area contributed by atoms with Gasteiger partial charge in [-0.15, -0.1) is 0 Å². The summed E-state index contributed by atoms with van der Waals surface area (Å²) in [5, 5.41) is 4.10. The second kappa shape index (κ2) is 2.45. The lowest BCUT2D eigenvalue weighted by molar-refractivity contribution is 0.987. The number of hydrogen-bond acceptors (Lipinski definition) is 2. The minimum atomic E-state index is -0.110. The van der Waals surface area contributed by atoms with Gasteiger partial charge in [0.15, 0.2) is 0 Å². The van der Waals surface area contributed by atoms with Crippen molar-refractivity contribution in [3.8, 4) is 0 Å². The van der Waals surface area contributed by atoms with Crippen LogP contribution in [0.3, 0.4) is 0 Å². The van der Waals surface area contributed by atoms with Gasteiger partial charge in [0.05, 0.1) is 17.2 Å². The summed E-state index contributed by atoms with van der Waals surface area (Å²) in [6, 6.07) is 9.28. The number of benzene rings is 1. The zero-order valence-corrected chi connectivity index (χ0v) is 7.27. The summed E-state index contributed by atoms with van der Waals surface area (Å²) in [7, 11) is 0. The molecule has 4 heteroatoms. The third-order valence-electron chi connectivity index (χ3n) is 2.26. The van der Waals surface area contributed by atoms with Gasteiger partial charge in [0.2, 0.25) is 0 Å². The monoisotopic (exact) mass is 185 g/mol. The Bertz CT molecular complexity index is 665. The van der Waals surface area contributed by atoms with Gasteiger partial charge in [-0.05, 0) is 18.2 Å². The van der Waals surface area contributed by atoms with Crippen molar-refractivity contribution in [1.82, 2.24) is 14.6 Å². The molecule has 0 radical (unpaired) electrons. The van der Waals surface area contributed by atoms with Gasteiger partial charge in [-0.1, -0.05) is 12.1 Å². The number of aromatic amines is 1. The SMILES string of the molecule is O=c1[nH]c2ccccc2n2nccc12. The summed E-state index contributed by atoms with van der Waals surface area (Å²) in [5.74, 6) is 0. The molecule has 0 aliphatic carbocycles. The van der Waals surface area contributed by atoms with Crippen molar-refractivity contribution >= 4 is 16.6 Å². The van der Waals surface area contributed by atoms with Crippen LogP contribution in [-0.2, 0) is 0 Å². The Morgan fingerprint density at radius 1 is 1.14 bits per heavy atom.